The molecule has 1 heterocycles. The van der Waals surface area contributed by atoms with Crippen LogP contribution in [0.3, 0.4) is 0 Å². The van der Waals surface area contributed by atoms with Gasteiger partial charge in [-0.3, -0.25) is 4.79 Å². The van der Waals surface area contributed by atoms with E-state index in [0.29, 0.717) is 17.7 Å². The zero-order valence-electron chi connectivity index (χ0n) is 14.2. The Hall–Kier alpha value is -1.86. The molecule has 0 aliphatic heterocycles. The number of aryl methyl sites for hydroxylation is 1. The number of hydrogen-bond acceptors (Lipinski definition) is 5. The van der Waals surface area contributed by atoms with E-state index in [1.165, 1.54) is 16.8 Å². The number of carbonyl (C=O) groups is 1. The molecule has 3 rings (SSSR count). The van der Waals surface area contributed by atoms with E-state index in [4.69, 9.17) is 11.6 Å². The quantitative estimate of drug-likeness (QED) is 0.803. The maximum atomic E-state index is 13.0. The maximum absolute atomic E-state index is 13.0. The Kier molecular flexibility index (Phi) is 4.41. The van der Waals surface area contributed by atoms with Gasteiger partial charge in [0.1, 0.15) is 5.56 Å². The Morgan fingerprint density at radius 3 is 2.56 bits per heavy atom. The van der Waals surface area contributed by atoms with Gasteiger partial charge in [-0.2, -0.15) is 5.10 Å². The van der Waals surface area contributed by atoms with Crippen LogP contribution in [0.25, 0.3) is 0 Å². The number of nitrogens with zero attached hydrogens (tertiary/aromatic N) is 2. The molecule has 0 radical (unpaired) electrons. The number of halogens is 1. The summed E-state index contributed by atoms with van der Waals surface area (Å²) in [5, 5.41) is 14.6. The van der Waals surface area contributed by atoms with E-state index < -0.39 is 15.6 Å². The molecule has 1 aliphatic rings. The predicted molar refractivity (Wildman–Crippen MR) is 94.2 cm³/mol. The van der Waals surface area contributed by atoms with Crippen LogP contribution < -0.4 is 0 Å². The number of aromatic hydroxyl groups is 1. The van der Waals surface area contributed by atoms with Gasteiger partial charge in [0.05, 0.1) is 15.6 Å². The third kappa shape index (κ3) is 3.06. The molecule has 1 aromatic carbocycles. The fraction of sp³-hybridized carbons (Fsp3) is 0.412. The highest BCUT2D eigenvalue weighted by atomic mass is 35.5. The van der Waals surface area contributed by atoms with Gasteiger partial charge in [-0.1, -0.05) is 18.5 Å². The molecule has 1 saturated carbocycles. The summed E-state index contributed by atoms with van der Waals surface area (Å²) in [5.41, 5.74) is 1.31. The molecule has 1 aliphatic carbocycles. The first-order valence-corrected chi connectivity index (χ1v) is 10.3. The number of sulfone groups is 1. The zero-order chi connectivity index (χ0) is 18.5. The first-order chi connectivity index (χ1) is 11.7. The minimum Gasteiger partial charge on any atom is -0.493 e. The molecule has 0 amide bonds. The summed E-state index contributed by atoms with van der Waals surface area (Å²) >= 11 is 6.38. The molecule has 0 bridgehead atoms. The van der Waals surface area contributed by atoms with E-state index in [0.717, 1.165) is 19.1 Å². The summed E-state index contributed by atoms with van der Waals surface area (Å²) in [6.07, 6.45) is 3.34. The molecule has 0 unspecified atom stereocenters. The minimum atomic E-state index is -3.45. The summed E-state index contributed by atoms with van der Waals surface area (Å²) < 4.78 is 25.1. The highest BCUT2D eigenvalue weighted by Gasteiger charge is 2.35. The Morgan fingerprint density at radius 1 is 1.40 bits per heavy atom. The molecular weight excluding hydrogens is 364 g/mol. The van der Waals surface area contributed by atoms with Gasteiger partial charge >= 0.3 is 0 Å². The second-order valence-corrected chi connectivity index (χ2v) is 8.70. The van der Waals surface area contributed by atoms with E-state index in [1.54, 1.807) is 14.0 Å². The molecule has 0 spiro atoms. The maximum Gasteiger partial charge on any atom is 0.220 e. The minimum absolute atomic E-state index is 0.112. The van der Waals surface area contributed by atoms with Crippen molar-refractivity contribution in [2.75, 3.05) is 6.26 Å². The van der Waals surface area contributed by atoms with Crippen molar-refractivity contribution >= 4 is 27.2 Å². The Labute approximate surface area is 151 Å². The Morgan fingerprint density at radius 2 is 2.04 bits per heavy atom. The van der Waals surface area contributed by atoms with Crippen LogP contribution in [-0.2, 0) is 23.3 Å². The lowest BCUT2D eigenvalue weighted by atomic mass is 9.99. The van der Waals surface area contributed by atoms with E-state index in [1.807, 2.05) is 0 Å². The van der Waals surface area contributed by atoms with Crippen molar-refractivity contribution in [1.82, 2.24) is 9.78 Å². The van der Waals surface area contributed by atoms with E-state index in [-0.39, 0.29) is 32.8 Å². The molecule has 25 heavy (non-hydrogen) atoms. The average molecular weight is 383 g/mol. The third-order valence-corrected chi connectivity index (χ3v) is 6.05. The Bertz CT molecular complexity index is 975. The van der Waals surface area contributed by atoms with Crippen molar-refractivity contribution in [2.24, 2.45) is 7.05 Å². The predicted octanol–water partition coefficient (Wildman–Crippen LogP) is 2.85. The van der Waals surface area contributed by atoms with Gasteiger partial charge in [0.15, 0.2) is 9.84 Å². The summed E-state index contributed by atoms with van der Waals surface area (Å²) in [5.74, 6) is -0.466. The van der Waals surface area contributed by atoms with Crippen molar-refractivity contribution in [1.29, 1.82) is 0 Å². The number of carbonyl (C=O) groups excluding carboxylic acids is 1. The molecule has 0 atom stereocenters. The van der Waals surface area contributed by atoms with E-state index >= 15 is 0 Å². The van der Waals surface area contributed by atoms with Crippen LogP contribution in [-0.4, -0.2) is 35.3 Å². The molecule has 1 aromatic heterocycles. The molecule has 6 nitrogen and oxygen atoms in total. The highest BCUT2D eigenvalue weighted by Crippen LogP contribution is 2.44. The number of hydrogen-bond donors (Lipinski definition) is 1. The van der Waals surface area contributed by atoms with Crippen LogP contribution in [0.5, 0.6) is 5.88 Å². The van der Waals surface area contributed by atoms with Crippen LogP contribution >= 0.6 is 11.6 Å². The summed E-state index contributed by atoms with van der Waals surface area (Å²) in [6, 6.07) is 2.81. The summed E-state index contributed by atoms with van der Waals surface area (Å²) in [4.78, 5) is 13.2. The number of benzene rings is 1. The first kappa shape index (κ1) is 17.9. The highest BCUT2D eigenvalue weighted by molar-refractivity contribution is 7.90. The molecular formula is C17H19ClN2O4S. The topological polar surface area (TPSA) is 89.3 Å². The van der Waals surface area contributed by atoms with Crippen LogP contribution in [0.2, 0.25) is 5.02 Å². The van der Waals surface area contributed by atoms with E-state index in [9.17, 15) is 18.3 Å². The van der Waals surface area contributed by atoms with Crippen LogP contribution in [0, 0.1) is 0 Å². The van der Waals surface area contributed by atoms with Gasteiger partial charge in [-0.15, -0.1) is 0 Å². The summed E-state index contributed by atoms with van der Waals surface area (Å²) in [6.45, 7) is 1.78. The largest absolute Gasteiger partial charge is 0.493 e. The van der Waals surface area contributed by atoms with Crippen molar-refractivity contribution in [3.8, 4) is 5.88 Å². The van der Waals surface area contributed by atoms with E-state index in [2.05, 4.69) is 5.10 Å². The van der Waals surface area contributed by atoms with Gasteiger partial charge in [-0.25, -0.2) is 13.1 Å². The lowest BCUT2D eigenvalue weighted by molar-refractivity contribution is 0.103. The van der Waals surface area contributed by atoms with Gasteiger partial charge in [0.2, 0.25) is 11.7 Å². The van der Waals surface area contributed by atoms with Crippen LogP contribution in [0.4, 0.5) is 0 Å². The number of rotatable bonds is 5. The standard InChI is InChI=1S/C17H19ClN2O4S/c1-4-10-12(25(3,23)24)8-7-11(14(10)18)16(21)13-15(9-5-6-9)19-20(2)17(13)22/h7-9,22H,4-6H2,1-3H3. The second kappa shape index (κ2) is 6.14. The third-order valence-electron chi connectivity index (χ3n) is 4.43. The fourth-order valence-electron chi connectivity index (χ4n) is 2.99. The average Bonchev–Trinajstić information content (AvgIpc) is 3.32. The zero-order valence-corrected chi connectivity index (χ0v) is 15.8. The molecule has 8 heteroatoms. The molecule has 1 N–H and O–H groups in total. The molecule has 134 valence electrons. The van der Waals surface area contributed by atoms with Crippen molar-refractivity contribution in [3.05, 3.63) is 39.5 Å². The SMILES string of the molecule is CCc1c(S(C)(=O)=O)ccc(C(=O)c2c(C3CC3)nn(C)c2O)c1Cl. The lowest BCUT2D eigenvalue weighted by Crippen LogP contribution is -2.09. The fourth-order valence-corrected chi connectivity index (χ4v) is 4.44. The van der Waals surface area contributed by atoms with Gasteiger partial charge in [0.25, 0.3) is 0 Å². The molecule has 0 saturated heterocycles. The van der Waals surface area contributed by atoms with Gasteiger partial charge < -0.3 is 5.11 Å². The van der Waals surface area contributed by atoms with Crippen LogP contribution in [0.1, 0.15) is 52.9 Å². The normalized spacial score (nSPS) is 14.7. The van der Waals surface area contributed by atoms with Gasteiger partial charge in [-0.05, 0) is 37.0 Å². The van der Waals surface area contributed by atoms with Crippen molar-refractivity contribution in [3.63, 3.8) is 0 Å². The van der Waals surface area contributed by atoms with Gasteiger partial charge in [0, 0.05) is 24.8 Å². The second-order valence-electron chi connectivity index (χ2n) is 6.34. The van der Waals surface area contributed by atoms with Crippen molar-refractivity contribution in [2.45, 2.75) is 37.0 Å². The van der Waals surface area contributed by atoms with Crippen molar-refractivity contribution < 1.29 is 18.3 Å². The molecule has 2 aromatic rings. The lowest BCUT2D eigenvalue weighted by Gasteiger charge is -2.12. The first-order valence-electron chi connectivity index (χ1n) is 7.98. The summed E-state index contributed by atoms with van der Waals surface area (Å²) in [7, 11) is -1.88. The Balaban J connectivity index is 2.17. The number of aromatic nitrogens is 2. The number of ketones is 1. The smallest absolute Gasteiger partial charge is 0.220 e. The monoisotopic (exact) mass is 382 g/mol. The van der Waals surface area contributed by atoms with Crippen LogP contribution in [0.15, 0.2) is 17.0 Å². The molecule has 1 fully saturated rings.